The van der Waals surface area contributed by atoms with Gasteiger partial charge in [-0.1, -0.05) is 52.0 Å². The van der Waals surface area contributed by atoms with E-state index in [0.717, 1.165) is 90.7 Å². The fourth-order valence-corrected chi connectivity index (χ4v) is 7.82. The van der Waals surface area contributed by atoms with Crippen LogP contribution in [0.3, 0.4) is 0 Å². The van der Waals surface area contributed by atoms with Crippen molar-refractivity contribution < 1.29 is 47.5 Å². The van der Waals surface area contributed by atoms with Crippen molar-refractivity contribution in [3.8, 4) is 34.5 Å². The first-order valence-electron chi connectivity index (χ1n) is 22.5. The minimum absolute atomic E-state index is 0.0297. The number of aryl methyl sites for hydroxylation is 2. The summed E-state index contributed by atoms with van der Waals surface area (Å²) in [5.74, 6) is 2.88. The molecule has 0 unspecified atom stereocenters. The van der Waals surface area contributed by atoms with Crippen molar-refractivity contribution in [3.63, 3.8) is 0 Å². The van der Waals surface area contributed by atoms with Gasteiger partial charge in [-0.05, 0) is 112 Å². The molecule has 6 aromatic rings. The number of fused-ring (bicyclic) bond motifs is 2. The SMILES string of the molecule is CCc1ccc(COC(=O)CC(=O)OCc2ccc(CC)c(OCc3cnc4ccc(OC)cc4c3OC(C)C)c2CC)c(CC)c1OCc1cnc2ccc(OC)cc2c1OC(C)C. The number of ether oxygens (including phenoxy) is 8. The number of carbonyl (C=O) groups is 2. The third kappa shape index (κ3) is 11.6. The number of rotatable bonds is 22. The summed E-state index contributed by atoms with van der Waals surface area (Å²) < 4.78 is 48.1. The summed E-state index contributed by atoms with van der Waals surface area (Å²) in [4.78, 5) is 35.6. The summed E-state index contributed by atoms with van der Waals surface area (Å²) in [6, 6.07) is 19.3. The molecule has 0 N–H and O–H groups in total. The predicted octanol–water partition coefficient (Wildman–Crippen LogP) is 11.0. The molecule has 0 saturated heterocycles. The second-order valence-electron chi connectivity index (χ2n) is 16.2. The van der Waals surface area contributed by atoms with E-state index in [-0.39, 0.29) is 38.6 Å². The molecule has 0 amide bonds. The number of hydrogen-bond donors (Lipinski definition) is 0. The average molecular weight is 887 g/mol. The van der Waals surface area contributed by atoms with E-state index in [2.05, 4.69) is 23.8 Å². The third-order valence-electron chi connectivity index (χ3n) is 11.1. The van der Waals surface area contributed by atoms with Crippen molar-refractivity contribution in [2.75, 3.05) is 14.2 Å². The Morgan fingerprint density at radius 1 is 0.492 bits per heavy atom. The summed E-state index contributed by atoms with van der Waals surface area (Å²) in [7, 11) is 3.26. The topological polar surface area (TPSA) is 134 Å². The van der Waals surface area contributed by atoms with Crippen molar-refractivity contribution in [2.24, 2.45) is 0 Å². The maximum absolute atomic E-state index is 13.1. The van der Waals surface area contributed by atoms with E-state index in [1.165, 1.54) is 0 Å². The molecule has 0 spiro atoms. The zero-order chi connectivity index (χ0) is 46.6. The van der Waals surface area contributed by atoms with Crippen LogP contribution in [-0.4, -0.2) is 48.3 Å². The zero-order valence-corrected chi connectivity index (χ0v) is 39.4. The van der Waals surface area contributed by atoms with E-state index in [4.69, 9.17) is 37.9 Å². The van der Waals surface area contributed by atoms with Gasteiger partial charge in [0.2, 0.25) is 0 Å². The average Bonchev–Trinajstić information content (AvgIpc) is 3.31. The van der Waals surface area contributed by atoms with Gasteiger partial charge in [-0.15, -0.1) is 0 Å². The van der Waals surface area contributed by atoms with Crippen LogP contribution in [0.15, 0.2) is 73.1 Å². The number of carbonyl (C=O) groups excluding carboxylic acids is 2. The standard InChI is InChI=1S/C53H62N2O10/c1-11-34-15-17-36(42(13-3)50(34)62-30-38-26-54-46-21-19-40(58-9)23-44(46)52(38)64-32(5)6)28-60-48(56)25-49(57)61-29-37-18-16-35(12-2)51(43(37)14-4)63-31-39-27-55-47-22-20-41(59-10)24-45(47)53(39)65-33(7)8/h15-24,26-27,32-33H,11-14,25,28-31H2,1-10H3. The van der Waals surface area contributed by atoms with Gasteiger partial charge >= 0.3 is 11.9 Å². The van der Waals surface area contributed by atoms with E-state index in [1.807, 2.05) is 102 Å². The number of pyridine rings is 2. The molecular weight excluding hydrogens is 825 g/mol. The lowest BCUT2D eigenvalue weighted by atomic mass is 9.99. The molecule has 2 heterocycles. The maximum Gasteiger partial charge on any atom is 0.317 e. The Morgan fingerprint density at radius 2 is 0.892 bits per heavy atom. The smallest absolute Gasteiger partial charge is 0.317 e. The van der Waals surface area contributed by atoms with Gasteiger partial charge in [0.05, 0.1) is 48.6 Å². The van der Waals surface area contributed by atoms with E-state index in [0.29, 0.717) is 35.8 Å². The first-order chi connectivity index (χ1) is 31.4. The molecule has 0 aliphatic rings. The summed E-state index contributed by atoms with van der Waals surface area (Å²) in [6.07, 6.45) is 5.60. The first kappa shape index (κ1) is 47.9. The van der Waals surface area contributed by atoms with E-state index in [1.54, 1.807) is 26.6 Å². The van der Waals surface area contributed by atoms with Crippen LogP contribution in [-0.2, 0) is 71.2 Å². The first-order valence-corrected chi connectivity index (χ1v) is 22.5. The van der Waals surface area contributed by atoms with Gasteiger partial charge in [0, 0.05) is 34.3 Å². The van der Waals surface area contributed by atoms with Crippen molar-refractivity contribution in [3.05, 3.63) is 118 Å². The van der Waals surface area contributed by atoms with Gasteiger partial charge in [-0.2, -0.15) is 0 Å². The Hall–Kier alpha value is -6.56. The molecule has 0 radical (unpaired) electrons. The molecule has 0 aliphatic carbocycles. The lowest BCUT2D eigenvalue weighted by Gasteiger charge is -2.21. The van der Waals surface area contributed by atoms with Gasteiger partial charge < -0.3 is 37.9 Å². The lowest BCUT2D eigenvalue weighted by molar-refractivity contribution is -0.156. The molecule has 12 nitrogen and oxygen atoms in total. The van der Waals surface area contributed by atoms with Crippen LogP contribution in [0.1, 0.15) is 106 Å². The van der Waals surface area contributed by atoms with Gasteiger partial charge in [0.25, 0.3) is 0 Å². The quantitative estimate of drug-likeness (QED) is 0.0474. The predicted molar refractivity (Wildman–Crippen MR) is 251 cm³/mol. The number of esters is 2. The Bertz CT molecular complexity index is 2440. The fraction of sp³-hybridized carbons (Fsp3) is 0.396. The Labute approximate surface area is 382 Å². The lowest BCUT2D eigenvalue weighted by Crippen LogP contribution is -2.15. The highest BCUT2D eigenvalue weighted by Crippen LogP contribution is 2.37. The Balaban J connectivity index is 1.11. The van der Waals surface area contributed by atoms with Gasteiger partial charge in [-0.3, -0.25) is 19.6 Å². The highest BCUT2D eigenvalue weighted by Gasteiger charge is 2.22. The van der Waals surface area contributed by atoms with Gasteiger partial charge in [0.15, 0.2) is 0 Å². The van der Waals surface area contributed by atoms with E-state index < -0.39 is 18.4 Å². The molecule has 0 saturated carbocycles. The summed E-state index contributed by atoms with van der Waals surface area (Å²) in [5.41, 5.74) is 8.62. The largest absolute Gasteiger partial charge is 0.497 e. The molecule has 12 heteroatoms. The molecule has 65 heavy (non-hydrogen) atoms. The second-order valence-corrected chi connectivity index (χ2v) is 16.2. The Kier molecular flexibility index (Phi) is 16.5. The Morgan fingerprint density at radius 3 is 1.25 bits per heavy atom. The van der Waals surface area contributed by atoms with Crippen LogP contribution in [0.5, 0.6) is 34.5 Å². The number of hydrogen-bond acceptors (Lipinski definition) is 12. The summed E-state index contributed by atoms with van der Waals surface area (Å²) in [5, 5.41) is 1.67. The number of aromatic nitrogens is 2. The molecule has 2 aromatic heterocycles. The molecule has 344 valence electrons. The molecule has 0 fully saturated rings. The monoisotopic (exact) mass is 886 g/mol. The van der Waals surface area contributed by atoms with Crippen LogP contribution in [0.2, 0.25) is 0 Å². The van der Waals surface area contributed by atoms with Crippen LogP contribution in [0.25, 0.3) is 21.8 Å². The molecule has 0 aliphatic heterocycles. The zero-order valence-electron chi connectivity index (χ0n) is 39.4. The third-order valence-corrected chi connectivity index (χ3v) is 11.1. The molecule has 0 bridgehead atoms. The summed E-state index contributed by atoms with van der Waals surface area (Å²) in [6.45, 7) is 16.5. The minimum atomic E-state index is -0.686. The number of methoxy groups -OCH3 is 2. The van der Waals surface area contributed by atoms with Gasteiger partial charge in [-0.25, -0.2) is 0 Å². The maximum atomic E-state index is 13.1. The van der Waals surface area contributed by atoms with Crippen molar-refractivity contribution in [2.45, 2.75) is 126 Å². The van der Waals surface area contributed by atoms with Crippen LogP contribution >= 0.6 is 0 Å². The molecule has 4 aromatic carbocycles. The molecule has 6 rings (SSSR count). The second kappa shape index (κ2) is 22.4. The highest BCUT2D eigenvalue weighted by molar-refractivity contribution is 5.91. The van der Waals surface area contributed by atoms with Crippen molar-refractivity contribution in [1.29, 1.82) is 0 Å². The minimum Gasteiger partial charge on any atom is -0.497 e. The summed E-state index contributed by atoms with van der Waals surface area (Å²) >= 11 is 0. The van der Waals surface area contributed by atoms with Crippen molar-refractivity contribution >= 4 is 33.7 Å². The number of nitrogens with zero attached hydrogens (tertiary/aromatic N) is 2. The van der Waals surface area contributed by atoms with E-state index >= 15 is 0 Å². The van der Waals surface area contributed by atoms with Crippen LogP contribution < -0.4 is 28.4 Å². The number of benzene rings is 4. The highest BCUT2D eigenvalue weighted by atomic mass is 16.6. The molecule has 0 atom stereocenters. The van der Waals surface area contributed by atoms with Gasteiger partial charge in [0.1, 0.15) is 67.3 Å². The van der Waals surface area contributed by atoms with Crippen LogP contribution in [0.4, 0.5) is 0 Å². The normalized spacial score (nSPS) is 11.3. The van der Waals surface area contributed by atoms with Crippen LogP contribution in [0, 0.1) is 0 Å². The van der Waals surface area contributed by atoms with Crippen molar-refractivity contribution in [1.82, 2.24) is 9.97 Å². The van der Waals surface area contributed by atoms with E-state index in [9.17, 15) is 9.59 Å². The fourth-order valence-electron chi connectivity index (χ4n) is 7.82. The molecular formula is C53H62N2O10.